The van der Waals surface area contributed by atoms with Crippen molar-refractivity contribution in [1.82, 2.24) is 10.2 Å². The smallest absolute Gasteiger partial charge is 0.327 e. The van der Waals surface area contributed by atoms with Crippen molar-refractivity contribution in [2.24, 2.45) is 0 Å². The van der Waals surface area contributed by atoms with Gasteiger partial charge in [0.1, 0.15) is 0 Å². The van der Waals surface area contributed by atoms with Crippen LogP contribution in [0.2, 0.25) is 0 Å². The molecule has 1 aliphatic rings. The summed E-state index contributed by atoms with van der Waals surface area (Å²) in [7, 11) is 0. The largest absolute Gasteiger partial charge is 0.359 e. The predicted octanol–water partition coefficient (Wildman–Crippen LogP) is 2.02. The van der Waals surface area contributed by atoms with Crippen molar-refractivity contribution in [3.8, 4) is 0 Å². The monoisotopic (exact) mass is 310 g/mol. The second-order valence-electron chi connectivity index (χ2n) is 5.54. The van der Waals surface area contributed by atoms with Crippen molar-refractivity contribution < 1.29 is 14.7 Å². The van der Waals surface area contributed by atoms with Crippen LogP contribution in [0.25, 0.3) is 0 Å². The Morgan fingerprint density at radius 3 is 2.22 bits per heavy atom. The summed E-state index contributed by atoms with van der Waals surface area (Å²) in [6.45, 7) is 0.290. The Hall–Kier alpha value is -2.66. The predicted molar refractivity (Wildman–Crippen MR) is 85.3 cm³/mol. The van der Waals surface area contributed by atoms with Crippen LogP contribution in [0.1, 0.15) is 17.5 Å². The summed E-state index contributed by atoms with van der Waals surface area (Å²) in [6.07, 6.45) is 1.42. The number of carbonyl (C=O) groups is 2. The fraction of sp³-hybridized carbons (Fsp3) is 0.222. The van der Waals surface area contributed by atoms with E-state index in [0.717, 1.165) is 12.0 Å². The number of aryl methyl sites for hydroxylation is 1. The van der Waals surface area contributed by atoms with E-state index in [2.05, 4.69) is 5.32 Å². The summed E-state index contributed by atoms with van der Waals surface area (Å²) in [4.78, 5) is 25.4. The van der Waals surface area contributed by atoms with E-state index >= 15 is 0 Å². The van der Waals surface area contributed by atoms with Crippen LogP contribution in [-0.4, -0.2) is 28.5 Å². The molecule has 0 aromatic heterocycles. The molecule has 1 saturated heterocycles. The normalized spacial score (nSPS) is 20.7. The molecule has 5 nitrogen and oxygen atoms in total. The second-order valence-corrected chi connectivity index (χ2v) is 5.54. The summed E-state index contributed by atoms with van der Waals surface area (Å²) >= 11 is 0. The third kappa shape index (κ3) is 2.83. The van der Waals surface area contributed by atoms with Crippen LogP contribution in [0, 0.1) is 0 Å². The third-order valence-electron chi connectivity index (χ3n) is 4.04. The molecule has 1 heterocycles. The number of amides is 3. The van der Waals surface area contributed by atoms with Gasteiger partial charge in [-0.15, -0.1) is 0 Å². The van der Waals surface area contributed by atoms with Crippen LogP contribution in [0.15, 0.2) is 60.7 Å². The molecule has 1 aliphatic heterocycles. The summed E-state index contributed by atoms with van der Waals surface area (Å²) in [5, 5.41) is 13.1. The van der Waals surface area contributed by atoms with Gasteiger partial charge in [0.15, 0.2) is 0 Å². The fourth-order valence-corrected chi connectivity index (χ4v) is 2.83. The average Bonchev–Trinajstić information content (AvgIpc) is 2.80. The molecule has 0 aliphatic carbocycles. The molecule has 2 aromatic rings. The highest BCUT2D eigenvalue weighted by atomic mass is 16.3. The molecule has 3 rings (SSSR count). The van der Waals surface area contributed by atoms with Crippen LogP contribution in [0.3, 0.4) is 0 Å². The molecular weight excluding hydrogens is 292 g/mol. The first-order valence-corrected chi connectivity index (χ1v) is 7.57. The number of nitrogens with zero attached hydrogens (tertiary/aromatic N) is 1. The molecule has 3 amide bonds. The Bertz CT molecular complexity index is 703. The Labute approximate surface area is 134 Å². The maximum atomic E-state index is 12.1. The fourth-order valence-electron chi connectivity index (χ4n) is 2.83. The molecule has 118 valence electrons. The van der Waals surface area contributed by atoms with Gasteiger partial charge in [-0.25, -0.2) is 4.79 Å². The molecule has 1 fully saturated rings. The minimum absolute atomic E-state index is 0.290. The maximum absolute atomic E-state index is 12.1. The van der Waals surface area contributed by atoms with E-state index in [1.165, 1.54) is 4.90 Å². The zero-order chi connectivity index (χ0) is 16.3. The number of urea groups is 1. The standard InChI is InChI=1S/C18H18N2O3/c21-16-18(23,15-11-5-2-6-12-15)20(17(22)19-16)13-7-10-14-8-3-1-4-9-14/h1-6,8-9,11-12,23H,7,10,13H2,(H,19,21,22). The molecule has 0 saturated carbocycles. The highest BCUT2D eigenvalue weighted by Gasteiger charge is 2.52. The third-order valence-corrected chi connectivity index (χ3v) is 4.04. The first kappa shape index (κ1) is 15.2. The van der Waals surface area contributed by atoms with E-state index in [-0.39, 0.29) is 6.54 Å². The molecule has 23 heavy (non-hydrogen) atoms. The number of benzene rings is 2. The van der Waals surface area contributed by atoms with Gasteiger partial charge in [-0.05, 0) is 18.4 Å². The van der Waals surface area contributed by atoms with E-state index in [1.54, 1.807) is 30.3 Å². The van der Waals surface area contributed by atoms with Gasteiger partial charge in [-0.3, -0.25) is 15.0 Å². The lowest BCUT2D eigenvalue weighted by atomic mass is 10.0. The molecule has 5 heteroatoms. The topological polar surface area (TPSA) is 69.6 Å². The van der Waals surface area contributed by atoms with Gasteiger partial charge in [-0.2, -0.15) is 0 Å². The summed E-state index contributed by atoms with van der Waals surface area (Å²) in [6, 6.07) is 17.9. The number of nitrogens with one attached hydrogen (secondary N) is 1. The number of imide groups is 1. The Kier molecular flexibility index (Phi) is 4.12. The second kappa shape index (κ2) is 6.22. The Morgan fingerprint density at radius 2 is 1.57 bits per heavy atom. The molecule has 0 spiro atoms. The van der Waals surface area contributed by atoms with Gasteiger partial charge in [0.25, 0.3) is 5.91 Å². The van der Waals surface area contributed by atoms with Crippen molar-refractivity contribution >= 4 is 11.9 Å². The van der Waals surface area contributed by atoms with Crippen LogP contribution < -0.4 is 5.32 Å². The first-order valence-electron chi connectivity index (χ1n) is 7.57. The molecule has 0 bridgehead atoms. The Morgan fingerprint density at radius 1 is 0.957 bits per heavy atom. The van der Waals surface area contributed by atoms with Crippen LogP contribution in [0.4, 0.5) is 4.79 Å². The van der Waals surface area contributed by atoms with Crippen molar-refractivity contribution in [2.75, 3.05) is 6.54 Å². The molecule has 2 N–H and O–H groups in total. The van der Waals surface area contributed by atoms with E-state index in [0.29, 0.717) is 12.0 Å². The molecule has 2 aromatic carbocycles. The van der Waals surface area contributed by atoms with Crippen LogP contribution in [-0.2, 0) is 16.9 Å². The van der Waals surface area contributed by atoms with Gasteiger partial charge in [0.2, 0.25) is 5.72 Å². The molecule has 1 unspecified atom stereocenters. The maximum Gasteiger partial charge on any atom is 0.327 e. The lowest BCUT2D eigenvalue weighted by molar-refractivity contribution is -0.149. The van der Waals surface area contributed by atoms with Gasteiger partial charge >= 0.3 is 6.03 Å². The van der Waals surface area contributed by atoms with E-state index in [1.807, 2.05) is 30.3 Å². The first-order chi connectivity index (χ1) is 11.1. The zero-order valence-corrected chi connectivity index (χ0v) is 12.6. The number of carbonyl (C=O) groups excluding carboxylic acids is 2. The number of aliphatic hydroxyl groups is 1. The quantitative estimate of drug-likeness (QED) is 0.830. The van der Waals surface area contributed by atoms with Gasteiger partial charge in [0, 0.05) is 12.1 Å². The van der Waals surface area contributed by atoms with E-state index < -0.39 is 17.7 Å². The minimum atomic E-state index is -1.94. The minimum Gasteiger partial charge on any atom is -0.359 e. The van der Waals surface area contributed by atoms with Crippen molar-refractivity contribution in [2.45, 2.75) is 18.6 Å². The van der Waals surface area contributed by atoms with E-state index in [4.69, 9.17) is 0 Å². The lowest BCUT2D eigenvalue weighted by Gasteiger charge is -2.30. The molecule has 0 radical (unpaired) electrons. The van der Waals surface area contributed by atoms with Crippen molar-refractivity contribution in [3.05, 3.63) is 71.8 Å². The SMILES string of the molecule is O=C1NC(=O)C(O)(c2ccccc2)N1CCCc1ccccc1. The number of hydrogen-bond acceptors (Lipinski definition) is 3. The number of rotatable bonds is 5. The molecule has 1 atom stereocenters. The summed E-state index contributed by atoms with van der Waals surface area (Å²) in [5.41, 5.74) is -0.389. The van der Waals surface area contributed by atoms with Crippen LogP contribution in [0.5, 0.6) is 0 Å². The van der Waals surface area contributed by atoms with Gasteiger partial charge < -0.3 is 5.11 Å². The highest BCUT2D eigenvalue weighted by Crippen LogP contribution is 2.30. The van der Waals surface area contributed by atoms with Gasteiger partial charge in [0.05, 0.1) is 0 Å². The zero-order valence-electron chi connectivity index (χ0n) is 12.6. The summed E-state index contributed by atoms with van der Waals surface area (Å²) in [5.74, 6) is -0.701. The summed E-state index contributed by atoms with van der Waals surface area (Å²) < 4.78 is 0. The van der Waals surface area contributed by atoms with Crippen molar-refractivity contribution in [3.63, 3.8) is 0 Å². The lowest BCUT2D eigenvalue weighted by Crippen LogP contribution is -2.47. The van der Waals surface area contributed by atoms with Crippen LogP contribution >= 0.6 is 0 Å². The van der Waals surface area contributed by atoms with E-state index in [9.17, 15) is 14.7 Å². The van der Waals surface area contributed by atoms with Gasteiger partial charge in [-0.1, -0.05) is 60.7 Å². The Balaban J connectivity index is 1.76. The highest BCUT2D eigenvalue weighted by molar-refractivity contribution is 6.06. The number of hydrogen-bond donors (Lipinski definition) is 2. The average molecular weight is 310 g/mol. The van der Waals surface area contributed by atoms with Crippen molar-refractivity contribution in [1.29, 1.82) is 0 Å². The molecular formula is C18H18N2O3.